The van der Waals surface area contributed by atoms with E-state index in [2.05, 4.69) is 52.2 Å². The van der Waals surface area contributed by atoms with Crippen LogP contribution >= 0.6 is 0 Å². The number of anilines is 2. The number of alkyl halides is 2. The van der Waals surface area contributed by atoms with E-state index in [1.54, 1.807) is 4.68 Å². The molecule has 3 aromatic rings. The molecule has 46 heavy (non-hydrogen) atoms. The number of imide groups is 1. The van der Waals surface area contributed by atoms with Gasteiger partial charge in [0.05, 0.1) is 17.9 Å². The molecule has 3 aliphatic heterocycles. The quantitative estimate of drug-likeness (QED) is 0.282. The fourth-order valence-electron chi connectivity index (χ4n) is 6.25. The van der Waals surface area contributed by atoms with Gasteiger partial charge in [-0.15, -0.1) is 0 Å². The first-order valence-electron chi connectivity index (χ1n) is 15.5. The number of hydrogen-bond donors (Lipinski definition) is 3. The molecule has 248 valence electrons. The maximum atomic E-state index is 12.9. The van der Waals surface area contributed by atoms with Crippen molar-refractivity contribution in [2.24, 2.45) is 7.05 Å². The minimum absolute atomic E-state index is 0.0917. The lowest BCUT2D eigenvalue weighted by molar-refractivity contribution is -0.120. The molecule has 0 radical (unpaired) electrons. The van der Waals surface area contributed by atoms with Gasteiger partial charge in [-0.25, -0.2) is 28.0 Å². The lowest BCUT2D eigenvalue weighted by Crippen LogP contribution is -2.49. The standard InChI is InChI=1S/C29H38F2N10O4S/c1-38-24-16-20(2-3-23(24)26(37-38)41-14-8-25(42)36-29(41)43)19-4-10-39(11-5-19)15-9-34-46(44)40-12-6-21(7-13-40)35-28-32-17-22(18-33-28)45-27(30)31/h2-3,16-19,21,27,34H,4-15H2,1H3,(H,32,33,35)(H,36,42,43). The Labute approximate surface area is 267 Å². The first-order chi connectivity index (χ1) is 22.2. The molecule has 3 aliphatic rings. The Hall–Kier alpha value is -3.80. The van der Waals surface area contributed by atoms with Crippen LogP contribution in [0.15, 0.2) is 30.6 Å². The highest BCUT2D eigenvalue weighted by atomic mass is 32.2. The number of benzene rings is 1. The molecule has 3 N–H and O–H groups in total. The topological polar surface area (TPSA) is 150 Å². The van der Waals surface area contributed by atoms with E-state index in [4.69, 9.17) is 0 Å². The third-order valence-electron chi connectivity index (χ3n) is 8.75. The van der Waals surface area contributed by atoms with Gasteiger partial charge >= 0.3 is 12.6 Å². The molecule has 1 unspecified atom stereocenters. The lowest BCUT2D eigenvalue weighted by Gasteiger charge is -2.33. The summed E-state index contributed by atoms with van der Waals surface area (Å²) in [6.07, 6.45) is 6.20. The summed E-state index contributed by atoms with van der Waals surface area (Å²) in [5, 5.41) is 11.0. The maximum Gasteiger partial charge on any atom is 0.387 e. The van der Waals surface area contributed by atoms with Crippen LogP contribution in [-0.2, 0) is 23.0 Å². The molecule has 2 aromatic heterocycles. The van der Waals surface area contributed by atoms with Crippen molar-refractivity contribution in [3.05, 3.63) is 36.2 Å². The van der Waals surface area contributed by atoms with Gasteiger partial charge in [0.2, 0.25) is 11.9 Å². The highest BCUT2D eigenvalue weighted by Gasteiger charge is 2.29. The Balaban J connectivity index is 0.914. The number of nitrogens with one attached hydrogen (secondary N) is 3. The van der Waals surface area contributed by atoms with Gasteiger partial charge in [-0.2, -0.15) is 13.9 Å². The molecule has 1 atom stereocenters. The van der Waals surface area contributed by atoms with Gasteiger partial charge in [0.1, 0.15) is 0 Å². The second kappa shape index (κ2) is 14.3. The molecule has 5 heterocycles. The number of hydrogen-bond acceptors (Lipinski definition) is 9. The highest BCUT2D eigenvalue weighted by Crippen LogP contribution is 2.33. The predicted molar refractivity (Wildman–Crippen MR) is 168 cm³/mol. The molecule has 14 nitrogen and oxygen atoms in total. The SMILES string of the molecule is Cn1nc(N2CCC(=O)NC2=O)c2ccc(C3CCN(CCNS(=O)N4CCC(Nc5ncc(OC(F)F)cn5)CC4)CC3)cc21. The number of halogens is 2. The fraction of sp³-hybridized carbons (Fsp3) is 0.552. The first-order valence-corrected chi connectivity index (χ1v) is 16.6. The van der Waals surface area contributed by atoms with Crippen molar-refractivity contribution in [1.82, 2.24) is 39.0 Å². The Morgan fingerprint density at radius 1 is 1.07 bits per heavy atom. The van der Waals surface area contributed by atoms with Gasteiger partial charge < -0.3 is 15.0 Å². The van der Waals surface area contributed by atoms with Crippen LogP contribution in [0.1, 0.15) is 43.6 Å². The van der Waals surface area contributed by atoms with Crippen LogP contribution in [0.25, 0.3) is 10.9 Å². The second-order valence-corrected chi connectivity index (χ2v) is 13.0. The Morgan fingerprint density at radius 2 is 1.80 bits per heavy atom. The van der Waals surface area contributed by atoms with Crippen molar-refractivity contribution in [1.29, 1.82) is 0 Å². The fourth-order valence-corrected chi connectivity index (χ4v) is 7.24. The molecule has 0 bridgehead atoms. The van der Waals surface area contributed by atoms with E-state index in [-0.39, 0.29) is 24.1 Å². The Kier molecular flexibility index (Phi) is 10.0. The van der Waals surface area contributed by atoms with Gasteiger partial charge in [-0.1, -0.05) is 6.07 Å². The second-order valence-electron chi connectivity index (χ2n) is 11.7. The van der Waals surface area contributed by atoms with Crippen LogP contribution in [0.3, 0.4) is 0 Å². The zero-order valence-electron chi connectivity index (χ0n) is 25.5. The molecule has 3 amide bonds. The number of aromatic nitrogens is 4. The molecular weight excluding hydrogens is 622 g/mol. The van der Waals surface area contributed by atoms with Crippen molar-refractivity contribution in [3.63, 3.8) is 0 Å². The number of piperidine rings is 2. The van der Waals surface area contributed by atoms with Crippen molar-refractivity contribution >= 4 is 45.8 Å². The normalized spacial score (nSPS) is 20.0. The number of nitrogens with zero attached hydrogens (tertiary/aromatic N) is 7. The molecule has 0 spiro atoms. The van der Waals surface area contributed by atoms with Crippen LogP contribution in [0, 0.1) is 0 Å². The highest BCUT2D eigenvalue weighted by molar-refractivity contribution is 7.80. The summed E-state index contributed by atoms with van der Waals surface area (Å²) in [7, 11) is 1.87. The molecule has 3 saturated heterocycles. The van der Waals surface area contributed by atoms with E-state index in [9.17, 15) is 22.6 Å². The molecule has 3 fully saturated rings. The monoisotopic (exact) mass is 660 g/mol. The van der Waals surface area contributed by atoms with E-state index < -0.39 is 23.8 Å². The number of carbonyl (C=O) groups excluding carboxylic acids is 2. The molecule has 6 rings (SSSR count). The van der Waals surface area contributed by atoms with Crippen molar-refractivity contribution in [2.75, 3.05) is 56.0 Å². The van der Waals surface area contributed by atoms with Gasteiger partial charge in [-0.3, -0.25) is 19.7 Å². The molecule has 0 aliphatic carbocycles. The molecule has 17 heteroatoms. The molecular formula is C29H38F2N10O4S. The minimum Gasteiger partial charge on any atom is -0.432 e. The number of carbonyl (C=O) groups is 2. The van der Waals surface area contributed by atoms with Gasteiger partial charge in [0.15, 0.2) is 22.7 Å². The van der Waals surface area contributed by atoms with Crippen molar-refractivity contribution in [3.8, 4) is 5.75 Å². The Morgan fingerprint density at radius 3 is 2.50 bits per heavy atom. The predicted octanol–water partition coefficient (Wildman–Crippen LogP) is 2.34. The third-order valence-corrected chi connectivity index (χ3v) is 10.0. The van der Waals surface area contributed by atoms with Gasteiger partial charge in [0, 0.05) is 57.6 Å². The summed E-state index contributed by atoms with van der Waals surface area (Å²) in [4.78, 5) is 35.9. The molecule has 0 saturated carbocycles. The summed E-state index contributed by atoms with van der Waals surface area (Å²) < 4.78 is 48.6. The van der Waals surface area contributed by atoms with E-state index in [0.29, 0.717) is 43.9 Å². The summed E-state index contributed by atoms with van der Waals surface area (Å²) in [6, 6.07) is 5.97. The summed E-state index contributed by atoms with van der Waals surface area (Å²) >= 11 is -1.28. The van der Waals surface area contributed by atoms with Crippen LogP contribution in [0.5, 0.6) is 5.75 Å². The van der Waals surface area contributed by atoms with Crippen LogP contribution in [0.4, 0.5) is 25.3 Å². The molecule has 1 aromatic carbocycles. The Bertz CT molecular complexity index is 1560. The van der Waals surface area contributed by atoms with E-state index >= 15 is 0 Å². The maximum absolute atomic E-state index is 12.9. The average Bonchev–Trinajstić information content (AvgIpc) is 3.37. The number of fused-ring (bicyclic) bond motifs is 1. The largest absolute Gasteiger partial charge is 0.432 e. The number of ether oxygens (including phenoxy) is 1. The number of likely N-dealkylation sites (tertiary alicyclic amines) is 1. The van der Waals surface area contributed by atoms with Crippen LogP contribution in [0.2, 0.25) is 0 Å². The van der Waals surface area contributed by atoms with E-state index in [0.717, 1.165) is 56.2 Å². The summed E-state index contributed by atoms with van der Waals surface area (Å²) in [5.41, 5.74) is 2.21. The van der Waals surface area contributed by atoms with Crippen molar-refractivity contribution in [2.45, 2.75) is 50.7 Å². The third kappa shape index (κ3) is 7.59. The minimum atomic E-state index is -2.92. The number of urea groups is 1. The van der Waals surface area contributed by atoms with Gasteiger partial charge in [0.25, 0.3) is 0 Å². The average molecular weight is 661 g/mol. The van der Waals surface area contributed by atoms with E-state index in [1.807, 2.05) is 17.4 Å². The van der Waals surface area contributed by atoms with Crippen LogP contribution in [-0.4, -0.2) is 104 Å². The smallest absolute Gasteiger partial charge is 0.387 e. The number of amides is 3. The zero-order valence-corrected chi connectivity index (χ0v) is 26.3. The summed E-state index contributed by atoms with van der Waals surface area (Å²) in [6.45, 7) is 2.00. The summed E-state index contributed by atoms with van der Waals surface area (Å²) in [5.74, 6) is 0.970. The zero-order chi connectivity index (χ0) is 32.2. The van der Waals surface area contributed by atoms with Crippen LogP contribution < -0.4 is 25.0 Å². The number of aryl methyl sites for hydroxylation is 1. The van der Waals surface area contributed by atoms with E-state index in [1.165, 1.54) is 22.9 Å². The first kappa shape index (κ1) is 32.2. The van der Waals surface area contributed by atoms with Gasteiger partial charge in [-0.05, 0) is 62.4 Å². The van der Waals surface area contributed by atoms with Crippen molar-refractivity contribution < 1.29 is 27.3 Å². The lowest BCUT2D eigenvalue weighted by atomic mass is 9.89. The number of rotatable bonds is 11.